The fourth-order valence-corrected chi connectivity index (χ4v) is 3.25. The van der Waals surface area contributed by atoms with Crippen molar-refractivity contribution in [2.75, 3.05) is 13.1 Å². The first-order valence-corrected chi connectivity index (χ1v) is 8.52. The van der Waals surface area contributed by atoms with Gasteiger partial charge in [0, 0.05) is 43.6 Å². The zero-order valence-electron chi connectivity index (χ0n) is 14.3. The van der Waals surface area contributed by atoms with Crippen LogP contribution in [0.2, 0.25) is 0 Å². The Morgan fingerprint density at radius 1 is 1.36 bits per heavy atom. The number of ether oxygens (including phenoxy) is 1. The number of aryl methyl sites for hydroxylation is 1. The van der Waals surface area contributed by atoms with Gasteiger partial charge >= 0.3 is 5.97 Å². The molecule has 0 amide bonds. The highest BCUT2D eigenvalue weighted by molar-refractivity contribution is 5.67. The van der Waals surface area contributed by atoms with E-state index in [4.69, 9.17) is 4.74 Å². The van der Waals surface area contributed by atoms with Crippen molar-refractivity contribution >= 4 is 5.97 Å². The number of rotatable bonds is 6. The highest BCUT2D eigenvalue weighted by Gasteiger charge is 2.32. The molecule has 0 radical (unpaired) electrons. The molecule has 1 aliphatic rings. The van der Waals surface area contributed by atoms with Crippen LogP contribution in [-0.4, -0.2) is 45.1 Å². The lowest BCUT2D eigenvalue weighted by Crippen LogP contribution is -2.46. The van der Waals surface area contributed by atoms with E-state index in [0.717, 1.165) is 30.8 Å². The van der Waals surface area contributed by atoms with Crippen LogP contribution in [-0.2, 0) is 11.3 Å². The van der Waals surface area contributed by atoms with Gasteiger partial charge < -0.3 is 9.84 Å². The maximum atomic E-state index is 11.3. The number of carboxylic acid groups (broad SMARTS) is 1. The lowest BCUT2D eigenvalue weighted by molar-refractivity contribution is -0.139. The first kappa shape index (κ1) is 17.4. The summed E-state index contributed by atoms with van der Waals surface area (Å²) in [6.07, 6.45) is 6.05. The number of hydrogen-bond donors (Lipinski definition) is 1. The number of pyridine rings is 2. The van der Waals surface area contributed by atoms with Gasteiger partial charge in [-0.2, -0.15) is 0 Å². The quantitative estimate of drug-likeness (QED) is 0.870. The van der Waals surface area contributed by atoms with Crippen molar-refractivity contribution in [3.63, 3.8) is 0 Å². The molecular weight excluding hydrogens is 318 g/mol. The normalized spacial score (nSPS) is 21.0. The number of aliphatic carboxylic acids is 1. The third-order valence-corrected chi connectivity index (χ3v) is 4.49. The molecule has 2 aromatic heterocycles. The number of piperidine rings is 1. The second kappa shape index (κ2) is 8.07. The molecule has 1 aliphatic heterocycles. The van der Waals surface area contributed by atoms with Gasteiger partial charge in [0.25, 0.3) is 0 Å². The standard InChI is InChI=1S/C19H23N3O3/c1-14-4-5-15(10-21-14)12-22-8-6-18(16(13-22)9-19(23)24)25-17-3-2-7-20-11-17/h2-5,7,10-11,16,18H,6,8-9,12-13H2,1H3,(H,23,24)/t16-,18-/m1/s1. The molecule has 1 saturated heterocycles. The summed E-state index contributed by atoms with van der Waals surface area (Å²) in [5.41, 5.74) is 2.14. The Labute approximate surface area is 147 Å². The van der Waals surface area contributed by atoms with E-state index in [2.05, 4.69) is 20.9 Å². The van der Waals surface area contributed by atoms with Crippen molar-refractivity contribution in [1.82, 2.24) is 14.9 Å². The fraction of sp³-hybridized carbons (Fsp3) is 0.421. The first-order valence-electron chi connectivity index (χ1n) is 8.52. The average molecular weight is 341 g/mol. The molecule has 2 atom stereocenters. The molecule has 1 N–H and O–H groups in total. The lowest BCUT2D eigenvalue weighted by atomic mass is 9.91. The van der Waals surface area contributed by atoms with Crippen LogP contribution in [0.3, 0.4) is 0 Å². The second-order valence-electron chi connectivity index (χ2n) is 6.53. The van der Waals surface area contributed by atoms with Crippen molar-refractivity contribution in [3.8, 4) is 5.75 Å². The van der Waals surface area contributed by atoms with Gasteiger partial charge in [0.05, 0.1) is 12.6 Å². The summed E-state index contributed by atoms with van der Waals surface area (Å²) < 4.78 is 6.02. The molecule has 3 rings (SSSR count). The Balaban J connectivity index is 1.65. The van der Waals surface area contributed by atoms with E-state index in [-0.39, 0.29) is 18.4 Å². The molecule has 0 saturated carbocycles. The SMILES string of the molecule is Cc1ccc(CN2CC[C@@H](Oc3cccnc3)[C@H](CC(=O)O)C2)cn1. The maximum absolute atomic E-state index is 11.3. The monoisotopic (exact) mass is 341 g/mol. The Bertz CT molecular complexity index is 691. The van der Waals surface area contributed by atoms with Crippen LogP contribution in [0.25, 0.3) is 0 Å². The van der Waals surface area contributed by atoms with E-state index in [1.807, 2.05) is 31.3 Å². The van der Waals surface area contributed by atoms with Gasteiger partial charge in [-0.3, -0.25) is 19.7 Å². The topological polar surface area (TPSA) is 75.5 Å². The van der Waals surface area contributed by atoms with Gasteiger partial charge in [0.2, 0.25) is 0 Å². The van der Waals surface area contributed by atoms with Gasteiger partial charge in [0.15, 0.2) is 0 Å². The van der Waals surface area contributed by atoms with Crippen LogP contribution in [0.1, 0.15) is 24.1 Å². The lowest BCUT2D eigenvalue weighted by Gasteiger charge is -2.38. The van der Waals surface area contributed by atoms with Gasteiger partial charge in [-0.05, 0) is 37.1 Å². The smallest absolute Gasteiger partial charge is 0.303 e. The molecule has 1 fully saturated rings. The predicted molar refractivity (Wildman–Crippen MR) is 93.3 cm³/mol. The molecule has 0 unspecified atom stereocenters. The highest BCUT2D eigenvalue weighted by Crippen LogP contribution is 2.26. The second-order valence-corrected chi connectivity index (χ2v) is 6.53. The van der Waals surface area contributed by atoms with E-state index in [9.17, 15) is 9.90 Å². The fourth-order valence-electron chi connectivity index (χ4n) is 3.25. The third-order valence-electron chi connectivity index (χ3n) is 4.49. The molecule has 6 nitrogen and oxygen atoms in total. The number of hydrogen-bond acceptors (Lipinski definition) is 5. The summed E-state index contributed by atoms with van der Waals surface area (Å²) >= 11 is 0. The molecule has 0 spiro atoms. The largest absolute Gasteiger partial charge is 0.488 e. The number of carboxylic acids is 1. The van der Waals surface area contributed by atoms with Crippen LogP contribution >= 0.6 is 0 Å². The molecule has 132 valence electrons. The van der Waals surface area contributed by atoms with Crippen LogP contribution in [0.15, 0.2) is 42.9 Å². The summed E-state index contributed by atoms with van der Waals surface area (Å²) in [4.78, 5) is 21.9. The number of likely N-dealkylation sites (tertiary alicyclic amines) is 1. The van der Waals surface area contributed by atoms with E-state index >= 15 is 0 Å². The molecule has 3 heterocycles. The van der Waals surface area contributed by atoms with E-state index in [0.29, 0.717) is 12.3 Å². The predicted octanol–water partition coefficient (Wildman–Crippen LogP) is 2.53. The van der Waals surface area contributed by atoms with E-state index in [1.165, 1.54) is 0 Å². The number of aromatic nitrogens is 2. The number of nitrogens with zero attached hydrogens (tertiary/aromatic N) is 3. The van der Waals surface area contributed by atoms with Crippen molar-refractivity contribution in [3.05, 3.63) is 54.1 Å². The molecule has 0 aromatic carbocycles. The molecule has 0 bridgehead atoms. The van der Waals surface area contributed by atoms with Gasteiger partial charge in [-0.15, -0.1) is 0 Å². The number of carbonyl (C=O) groups is 1. The van der Waals surface area contributed by atoms with Crippen LogP contribution < -0.4 is 4.74 Å². The van der Waals surface area contributed by atoms with Crippen molar-refractivity contribution in [2.45, 2.75) is 32.4 Å². The maximum Gasteiger partial charge on any atom is 0.303 e. The van der Waals surface area contributed by atoms with Gasteiger partial charge in [-0.25, -0.2) is 0 Å². The minimum Gasteiger partial charge on any atom is -0.488 e. The summed E-state index contributed by atoms with van der Waals surface area (Å²) in [7, 11) is 0. The first-order chi connectivity index (χ1) is 12.1. The zero-order valence-corrected chi connectivity index (χ0v) is 14.3. The summed E-state index contributed by atoms with van der Waals surface area (Å²) in [5.74, 6) is -0.146. The Kier molecular flexibility index (Phi) is 5.60. The molecular formula is C19H23N3O3. The van der Waals surface area contributed by atoms with Crippen molar-refractivity contribution in [1.29, 1.82) is 0 Å². The zero-order chi connectivity index (χ0) is 17.6. The van der Waals surface area contributed by atoms with Gasteiger partial charge in [-0.1, -0.05) is 6.07 Å². The molecule has 25 heavy (non-hydrogen) atoms. The average Bonchev–Trinajstić information content (AvgIpc) is 2.60. The van der Waals surface area contributed by atoms with Crippen molar-refractivity contribution < 1.29 is 14.6 Å². The minimum absolute atomic E-state index is 0.0511. The van der Waals surface area contributed by atoms with E-state index < -0.39 is 5.97 Å². The molecule has 2 aromatic rings. The van der Waals surface area contributed by atoms with Crippen LogP contribution in [0.5, 0.6) is 5.75 Å². The summed E-state index contributed by atoms with van der Waals surface area (Å²) in [6.45, 7) is 4.32. The molecule has 0 aliphatic carbocycles. The summed E-state index contributed by atoms with van der Waals surface area (Å²) in [6, 6.07) is 7.76. The molecule has 6 heteroatoms. The Morgan fingerprint density at radius 2 is 2.24 bits per heavy atom. The minimum atomic E-state index is -0.788. The van der Waals surface area contributed by atoms with Gasteiger partial charge in [0.1, 0.15) is 11.9 Å². The highest BCUT2D eigenvalue weighted by atomic mass is 16.5. The van der Waals surface area contributed by atoms with Crippen LogP contribution in [0.4, 0.5) is 0 Å². The Hall–Kier alpha value is -2.47. The Morgan fingerprint density at radius 3 is 2.92 bits per heavy atom. The van der Waals surface area contributed by atoms with E-state index in [1.54, 1.807) is 12.4 Å². The van der Waals surface area contributed by atoms with Crippen LogP contribution in [0, 0.1) is 12.8 Å². The van der Waals surface area contributed by atoms with Crippen molar-refractivity contribution in [2.24, 2.45) is 5.92 Å². The summed E-state index contributed by atoms with van der Waals surface area (Å²) in [5, 5.41) is 9.26. The third kappa shape index (κ3) is 5.00.